The third kappa shape index (κ3) is 8.04. The van der Waals surface area contributed by atoms with Gasteiger partial charge in [0.15, 0.2) is 11.0 Å². The lowest BCUT2D eigenvalue weighted by molar-refractivity contribution is 0.0592. The molecule has 1 aromatic heterocycles. The standard InChI is InChI=1S/C36H35N3O4S2/c1-24(2)21-33-37-36(44-22-25-13-17-27(18-14-25)29-9-5-7-11-31(29)34(40)42-3)39(38-33)45-23-26-15-19-28(20-16-26)30-10-6-8-12-32(30)35(41)43-4/h5-20,24H,21-23H2,1-4H3. The van der Waals surface area contributed by atoms with Gasteiger partial charge in [-0.3, -0.25) is 0 Å². The van der Waals surface area contributed by atoms with E-state index in [1.165, 1.54) is 14.2 Å². The van der Waals surface area contributed by atoms with E-state index in [1.54, 1.807) is 35.8 Å². The van der Waals surface area contributed by atoms with Gasteiger partial charge in [0.05, 0.1) is 25.3 Å². The Morgan fingerprint density at radius 3 is 1.69 bits per heavy atom. The zero-order valence-corrected chi connectivity index (χ0v) is 27.4. The molecule has 0 spiro atoms. The van der Waals surface area contributed by atoms with E-state index < -0.39 is 0 Å². The molecule has 0 unspecified atom stereocenters. The Labute approximate surface area is 272 Å². The van der Waals surface area contributed by atoms with Gasteiger partial charge >= 0.3 is 11.9 Å². The number of nitrogens with zero attached hydrogens (tertiary/aromatic N) is 3. The van der Waals surface area contributed by atoms with E-state index in [0.29, 0.717) is 22.8 Å². The van der Waals surface area contributed by atoms with E-state index in [0.717, 1.165) is 56.5 Å². The molecule has 0 aliphatic heterocycles. The Morgan fingerprint density at radius 2 is 1.20 bits per heavy atom. The first-order valence-corrected chi connectivity index (χ1v) is 16.5. The molecule has 0 fully saturated rings. The Hall–Kier alpha value is -4.34. The van der Waals surface area contributed by atoms with Crippen LogP contribution in [0.3, 0.4) is 0 Å². The summed E-state index contributed by atoms with van der Waals surface area (Å²) in [6, 6.07) is 31.4. The highest BCUT2D eigenvalue weighted by Gasteiger charge is 2.16. The number of carbonyl (C=O) groups excluding carboxylic acids is 2. The fourth-order valence-corrected chi connectivity index (χ4v) is 6.73. The van der Waals surface area contributed by atoms with Gasteiger partial charge in [0.1, 0.15) is 0 Å². The van der Waals surface area contributed by atoms with Crippen LogP contribution < -0.4 is 0 Å². The van der Waals surface area contributed by atoms with Gasteiger partial charge in [-0.25, -0.2) is 14.6 Å². The molecule has 5 rings (SSSR count). The summed E-state index contributed by atoms with van der Waals surface area (Å²) in [6.45, 7) is 4.33. The zero-order valence-electron chi connectivity index (χ0n) is 25.7. The first-order chi connectivity index (χ1) is 21.9. The minimum absolute atomic E-state index is 0.348. The third-order valence-corrected chi connectivity index (χ3v) is 9.18. The first kappa shape index (κ1) is 32.1. The largest absolute Gasteiger partial charge is 0.465 e. The lowest BCUT2D eigenvalue weighted by atomic mass is 9.99. The van der Waals surface area contributed by atoms with Gasteiger partial charge < -0.3 is 9.47 Å². The van der Waals surface area contributed by atoms with Crippen molar-refractivity contribution in [2.75, 3.05) is 14.2 Å². The summed E-state index contributed by atoms with van der Waals surface area (Å²) in [6.07, 6.45) is 0.809. The molecule has 0 aliphatic rings. The minimum Gasteiger partial charge on any atom is -0.465 e. The number of hydrogen-bond acceptors (Lipinski definition) is 8. The number of rotatable bonds is 12. The van der Waals surface area contributed by atoms with Crippen LogP contribution in [0.2, 0.25) is 0 Å². The maximum atomic E-state index is 12.2. The number of methoxy groups -OCH3 is 2. The SMILES string of the molecule is COC(=O)c1ccccc1-c1ccc(CSc2nc(CC(C)C)nn2SCc2ccc(-c3ccccc3C(=O)OC)cc2)cc1. The molecule has 0 radical (unpaired) electrons. The molecule has 230 valence electrons. The third-order valence-electron chi connectivity index (χ3n) is 7.10. The molecule has 0 bridgehead atoms. The van der Waals surface area contributed by atoms with E-state index in [2.05, 4.69) is 38.1 Å². The summed E-state index contributed by atoms with van der Waals surface area (Å²) in [4.78, 5) is 29.3. The molecule has 1 heterocycles. The van der Waals surface area contributed by atoms with Gasteiger partial charge in [-0.1, -0.05) is 111 Å². The van der Waals surface area contributed by atoms with Crippen molar-refractivity contribution < 1.29 is 19.1 Å². The number of benzene rings is 4. The molecule has 0 saturated heterocycles. The van der Waals surface area contributed by atoms with Crippen LogP contribution in [-0.4, -0.2) is 40.3 Å². The van der Waals surface area contributed by atoms with Crippen LogP contribution in [0, 0.1) is 5.92 Å². The molecule has 0 saturated carbocycles. The highest BCUT2D eigenvalue weighted by Crippen LogP contribution is 2.30. The van der Waals surface area contributed by atoms with Crippen molar-refractivity contribution in [3.8, 4) is 22.3 Å². The van der Waals surface area contributed by atoms with Crippen molar-refractivity contribution in [2.24, 2.45) is 5.92 Å². The monoisotopic (exact) mass is 637 g/mol. The van der Waals surface area contributed by atoms with Gasteiger partial charge in [-0.15, -0.1) is 5.10 Å². The fourth-order valence-electron chi connectivity index (χ4n) is 4.84. The average Bonchev–Trinajstić information content (AvgIpc) is 3.46. The second-order valence-electron chi connectivity index (χ2n) is 10.8. The summed E-state index contributed by atoms with van der Waals surface area (Å²) in [7, 11) is 2.79. The minimum atomic E-state index is -0.349. The molecular formula is C36H35N3O4S2. The van der Waals surface area contributed by atoms with E-state index in [9.17, 15) is 9.59 Å². The van der Waals surface area contributed by atoms with Gasteiger partial charge in [0.2, 0.25) is 0 Å². The lowest BCUT2D eigenvalue weighted by Crippen LogP contribution is -2.03. The maximum absolute atomic E-state index is 12.2. The number of carbonyl (C=O) groups is 2. The molecule has 4 aromatic carbocycles. The van der Waals surface area contributed by atoms with Crippen molar-refractivity contribution in [1.29, 1.82) is 0 Å². The second kappa shape index (κ2) is 15.1. The average molecular weight is 638 g/mol. The number of thioether (sulfide) groups is 1. The van der Waals surface area contributed by atoms with Gasteiger partial charge in [0.25, 0.3) is 0 Å². The molecule has 0 N–H and O–H groups in total. The van der Waals surface area contributed by atoms with E-state index in [1.807, 2.05) is 64.8 Å². The Balaban J connectivity index is 1.27. The second-order valence-corrected chi connectivity index (χ2v) is 12.6. The molecule has 5 aromatic rings. The molecule has 7 nitrogen and oxygen atoms in total. The predicted octanol–water partition coefficient (Wildman–Crippen LogP) is 8.37. The van der Waals surface area contributed by atoms with Crippen molar-refractivity contribution in [1.82, 2.24) is 14.2 Å². The van der Waals surface area contributed by atoms with Crippen LogP contribution in [0.25, 0.3) is 22.3 Å². The van der Waals surface area contributed by atoms with Gasteiger partial charge in [-0.2, -0.15) is 4.09 Å². The number of ether oxygens (including phenoxy) is 2. The molecule has 45 heavy (non-hydrogen) atoms. The van der Waals surface area contributed by atoms with E-state index >= 15 is 0 Å². The molecular weight excluding hydrogens is 603 g/mol. The zero-order chi connectivity index (χ0) is 31.8. The summed E-state index contributed by atoms with van der Waals surface area (Å²) in [5.41, 5.74) is 6.99. The lowest BCUT2D eigenvalue weighted by Gasteiger charge is -2.10. The molecule has 0 amide bonds. The van der Waals surface area contributed by atoms with Crippen molar-refractivity contribution >= 4 is 35.6 Å². The highest BCUT2D eigenvalue weighted by molar-refractivity contribution is 8.00. The molecule has 0 atom stereocenters. The molecule has 9 heteroatoms. The number of aromatic nitrogens is 3. The van der Waals surface area contributed by atoms with Gasteiger partial charge in [0, 0.05) is 17.9 Å². The Morgan fingerprint density at radius 1 is 0.711 bits per heavy atom. The maximum Gasteiger partial charge on any atom is 0.338 e. The van der Waals surface area contributed by atoms with Crippen molar-refractivity contribution in [3.05, 3.63) is 125 Å². The summed E-state index contributed by atoms with van der Waals surface area (Å²) in [5.74, 6) is 2.03. The van der Waals surface area contributed by atoms with Crippen LogP contribution in [0.5, 0.6) is 0 Å². The van der Waals surface area contributed by atoms with Gasteiger partial charge in [-0.05, 0) is 63.4 Å². The number of esters is 2. The summed E-state index contributed by atoms with van der Waals surface area (Å²) in [5, 5.41) is 5.68. The molecule has 0 aliphatic carbocycles. The Bertz CT molecular complexity index is 1640. The van der Waals surface area contributed by atoms with E-state index in [-0.39, 0.29) is 11.9 Å². The smallest absolute Gasteiger partial charge is 0.338 e. The van der Waals surface area contributed by atoms with Crippen LogP contribution in [0.15, 0.2) is 102 Å². The van der Waals surface area contributed by atoms with Crippen LogP contribution in [0.1, 0.15) is 51.5 Å². The van der Waals surface area contributed by atoms with Crippen molar-refractivity contribution in [2.45, 2.75) is 36.9 Å². The topological polar surface area (TPSA) is 83.3 Å². The Kier molecular flexibility index (Phi) is 10.8. The predicted molar refractivity (Wildman–Crippen MR) is 181 cm³/mol. The fraction of sp³-hybridized carbons (Fsp3) is 0.222. The highest BCUT2D eigenvalue weighted by atomic mass is 32.2. The van der Waals surface area contributed by atoms with Crippen LogP contribution in [0.4, 0.5) is 0 Å². The number of hydrogen-bond donors (Lipinski definition) is 0. The summed E-state index contributed by atoms with van der Waals surface area (Å²) >= 11 is 3.26. The first-order valence-electron chi connectivity index (χ1n) is 14.6. The van der Waals surface area contributed by atoms with Crippen molar-refractivity contribution in [3.63, 3.8) is 0 Å². The van der Waals surface area contributed by atoms with E-state index in [4.69, 9.17) is 19.6 Å². The van der Waals surface area contributed by atoms with Crippen LogP contribution >= 0.6 is 23.7 Å². The van der Waals surface area contributed by atoms with Crippen LogP contribution in [-0.2, 0) is 27.4 Å². The quantitative estimate of drug-likeness (QED) is 0.0997. The normalized spacial score (nSPS) is 11.0. The summed E-state index contributed by atoms with van der Waals surface area (Å²) < 4.78 is 11.9.